The third kappa shape index (κ3) is 4.35. The van der Waals surface area contributed by atoms with Gasteiger partial charge in [-0.25, -0.2) is 0 Å². The SMILES string of the molecule is Cc1cccc(CCC(C)Nc2c(C)cc(C)cc2C)c1. The zero-order valence-corrected chi connectivity index (χ0v) is 14.0. The van der Waals surface area contributed by atoms with E-state index in [2.05, 4.69) is 76.3 Å². The van der Waals surface area contributed by atoms with E-state index in [9.17, 15) is 0 Å². The summed E-state index contributed by atoms with van der Waals surface area (Å²) >= 11 is 0. The maximum atomic E-state index is 3.69. The Morgan fingerprint density at radius 3 is 2.19 bits per heavy atom. The monoisotopic (exact) mass is 281 g/mol. The zero-order valence-electron chi connectivity index (χ0n) is 14.0. The van der Waals surface area contributed by atoms with Crippen molar-refractivity contribution < 1.29 is 0 Å². The van der Waals surface area contributed by atoms with Gasteiger partial charge in [-0.05, 0) is 64.2 Å². The minimum Gasteiger partial charge on any atom is -0.382 e. The Kier molecular flexibility index (Phi) is 5.06. The average Bonchev–Trinajstić information content (AvgIpc) is 2.40. The number of aryl methyl sites for hydroxylation is 5. The van der Waals surface area contributed by atoms with Crippen LogP contribution in [0.1, 0.15) is 41.2 Å². The highest BCUT2D eigenvalue weighted by atomic mass is 14.9. The van der Waals surface area contributed by atoms with Crippen LogP contribution in [0, 0.1) is 27.7 Å². The summed E-state index contributed by atoms with van der Waals surface area (Å²) in [4.78, 5) is 0. The molecule has 112 valence electrons. The Morgan fingerprint density at radius 1 is 0.905 bits per heavy atom. The van der Waals surface area contributed by atoms with Gasteiger partial charge in [0.1, 0.15) is 0 Å². The van der Waals surface area contributed by atoms with Gasteiger partial charge in [0.15, 0.2) is 0 Å². The van der Waals surface area contributed by atoms with Crippen molar-refractivity contribution >= 4 is 5.69 Å². The number of hydrogen-bond donors (Lipinski definition) is 1. The molecule has 0 bridgehead atoms. The molecular weight excluding hydrogens is 254 g/mol. The molecule has 0 radical (unpaired) electrons. The van der Waals surface area contributed by atoms with Crippen LogP contribution in [0.3, 0.4) is 0 Å². The second kappa shape index (κ2) is 6.80. The van der Waals surface area contributed by atoms with Crippen LogP contribution in [0.4, 0.5) is 5.69 Å². The van der Waals surface area contributed by atoms with Crippen molar-refractivity contribution in [1.82, 2.24) is 0 Å². The highest BCUT2D eigenvalue weighted by Crippen LogP contribution is 2.23. The highest BCUT2D eigenvalue weighted by molar-refractivity contribution is 5.58. The molecule has 2 aromatic rings. The molecule has 1 heteroatoms. The first-order chi connectivity index (χ1) is 9.95. The molecule has 2 rings (SSSR count). The van der Waals surface area contributed by atoms with E-state index in [-0.39, 0.29) is 0 Å². The summed E-state index contributed by atoms with van der Waals surface area (Å²) < 4.78 is 0. The fourth-order valence-electron chi connectivity index (χ4n) is 2.98. The molecule has 1 atom stereocenters. The second-order valence-electron chi connectivity index (χ2n) is 6.35. The Balaban J connectivity index is 1.97. The number of benzene rings is 2. The van der Waals surface area contributed by atoms with Crippen molar-refractivity contribution in [2.24, 2.45) is 0 Å². The molecule has 1 nitrogen and oxygen atoms in total. The Morgan fingerprint density at radius 2 is 1.57 bits per heavy atom. The van der Waals surface area contributed by atoms with Gasteiger partial charge in [-0.15, -0.1) is 0 Å². The Labute approximate surface area is 129 Å². The quantitative estimate of drug-likeness (QED) is 0.778. The van der Waals surface area contributed by atoms with Crippen LogP contribution in [-0.2, 0) is 6.42 Å². The summed E-state index contributed by atoms with van der Waals surface area (Å²) in [5.74, 6) is 0. The summed E-state index contributed by atoms with van der Waals surface area (Å²) in [6.07, 6.45) is 2.27. The van der Waals surface area contributed by atoms with Gasteiger partial charge in [-0.2, -0.15) is 0 Å². The van der Waals surface area contributed by atoms with Crippen LogP contribution in [0.25, 0.3) is 0 Å². The Bertz CT molecular complexity index is 590. The first kappa shape index (κ1) is 15.6. The third-order valence-electron chi connectivity index (χ3n) is 4.02. The van der Waals surface area contributed by atoms with Crippen LogP contribution >= 0.6 is 0 Å². The predicted octanol–water partition coefficient (Wildman–Crippen LogP) is 5.35. The maximum Gasteiger partial charge on any atom is 0.0401 e. The molecule has 1 unspecified atom stereocenters. The van der Waals surface area contributed by atoms with Crippen LogP contribution in [0.15, 0.2) is 36.4 Å². The van der Waals surface area contributed by atoms with E-state index in [1.165, 1.54) is 33.5 Å². The van der Waals surface area contributed by atoms with Crippen molar-refractivity contribution in [3.8, 4) is 0 Å². The lowest BCUT2D eigenvalue weighted by Crippen LogP contribution is -2.17. The molecule has 0 saturated carbocycles. The van der Waals surface area contributed by atoms with E-state index < -0.39 is 0 Å². The molecule has 0 spiro atoms. The summed E-state index contributed by atoms with van der Waals surface area (Å²) in [6.45, 7) is 11.0. The van der Waals surface area contributed by atoms with Gasteiger partial charge >= 0.3 is 0 Å². The van der Waals surface area contributed by atoms with Crippen molar-refractivity contribution in [3.63, 3.8) is 0 Å². The number of anilines is 1. The lowest BCUT2D eigenvalue weighted by atomic mass is 10.0. The van der Waals surface area contributed by atoms with Gasteiger partial charge in [-0.3, -0.25) is 0 Å². The summed E-state index contributed by atoms with van der Waals surface area (Å²) in [5.41, 5.74) is 8.10. The molecule has 0 saturated heterocycles. The van der Waals surface area contributed by atoms with Crippen molar-refractivity contribution in [1.29, 1.82) is 0 Å². The fraction of sp³-hybridized carbons (Fsp3) is 0.400. The van der Waals surface area contributed by atoms with E-state index >= 15 is 0 Å². The summed E-state index contributed by atoms with van der Waals surface area (Å²) in [7, 11) is 0. The largest absolute Gasteiger partial charge is 0.382 e. The molecule has 1 N–H and O–H groups in total. The fourth-order valence-corrected chi connectivity index (χ4v) is 2.98. The van der Waals surface area contributed by atoms with Crippen LogP contribution in [0.5, 0.6) is 0 Å². The summed E-state index contributed by atoms with van der Waals surface area (Å²) in [5, 5.41) is 3.69. The summed E-state index contributed by atoms with van der Waals surface area (Å²) in [6, 6.07) is 13.8. The van der Waals surface area contributed by atoms with Crippen LogP contribution < -0.4 is 5.32 Å². The molecule has 0 aliphatic rings. The number of nitrogens with one attached hydrogen (secondary N) is 1. The molecular formula is C20H27N. The van der Waals surface area contributed by atoms with Crippen molar-refractivity contribution in [2.45, 2.75) is 53.5 Å². The van der Waals surface area contributed by atoms with E-state index in [0.717, 1.165) is 12.8 Å². The first-order valence-corrected chi connectivity index (χ1v) is 7.85. The number of rotatable bonds is 5. The normalized spacial score (nSPS) is 12.2. The van der Waals surface area contributed by atoms with Crippen molar-refractivity contribution in [2.75, 3.05) is 5.32 Å². The lowest BCUT2D eigenvalue weighted by molar-refractivity contribution is 0.704. The molecule has 0 aliphatic carbocycles. The second-order valence-corrected chi connectivity index (χ2v) is 6.35. The first-order valence-electron chi connectivity index (χ1n) is 7.85. The van der Waals surface area contributed by atoms with E-state index in [4.69, 9.17) is 0 Å². The van der Waals surface area contributed by atoms with Gasteiger partial charge in [-0.1, -0.05) is 47.5 Å². The molecule has 0 aromatic heterocycles. The van der Waals surface area contributed by atoms with Gasteiger partial charge in [0.25, 0.3) is 0 Å². The minimum absolute atomic E-state index is 0.477. The molecule has 0 heterocycles. The van der Waals surface area contributed by atoms with Gasteiger partial charge in [0.05, 0.1) is 0 Å². The molecule has 0 fully saturated rings. The topological polar surface area (TPSA) is 12.0 Å². The minimum atomic E-state index is 0.477. The van der Waals surface area contributed by atoms with Crippen molar-refractivity contribution in [3.05, 3.63) is 64.2 Å². The lowest BCUT2D eigenvalue weighted by Gasteiger charge is -2.20. The molecule has 2 aromatic carbocycles. The van der Waals surface area contributed by atoms with Crippen LogP contribution in [-0.4, -0.2) is 6.04 Å². The molecule has 0 aliphatic heterocycles. The van der Waals surface area contributed by atoms with E-state index in [1.807, 2.05) is 0 Å². The number of hydrogen-bond acceptors (Lipinski definition) is 1. The standard InChI is InChI=1S/C20H27N/c1-14-7-6-8-19(13-14)10-9-18(5)21-20-16(3)11-15(2)12-17(20)4/h6-8,11-13,18,21H,9-10H2,1-5H3. The van der Waals surface area contributed by atoms with Crippen LogP contribution in [0.2, 0.25) is 0 Å². The highest BCUT2D eigenvalue weighted by Gasteiger charge is 2.08. The molecule has 21 heavy (non-hydrogen) atoms. The maximum absolute atomic E-state index is 3.69. The van der Waals surface area contributed by atoms with E-state index in [0.29, 0.717) is 6.04 Å². The van der Waals surface area contributed by atoms with Gasteiger partial charge in [0, 0.05) is 11.7 Å². The Hall–Kier alpha value is -1.76. The average molecular weight is 281 g/mol. The molecule has 0 amide bonds. The smallest absolute Gasteiger partial charge is 0.0401 e. The van der Waals surface area contributed by atoms with Gasteiger partial charge < -0.3 is 5.32 Å². The third-order valence-corrected chi connectivity index (χ3v) is 4.02. The van der Waals surface area contributed by atoms with E-state index in [1.54, 1.807) is 0 Å². The predicted molar refractivity (Wildman–Crippen MR) is 93.2 cm³/mol. The zero-order chi connectivity index (χ0) is 15.4. The van der Waals surface area contributed by atoms with Gasteiger partial charge in [0.2, 0.25) is 0 Å².